The molecule has 3 aliphatic carbocycles. The number of thiophene rings is 1. The number of para-hydroxylation sites is 1. The van der Waals surface area contributed by atoms with E-state index in [0.717, 1.165) is 65.6 Å². The molecule has 2 aromatic heterocycles. The second kappa shape index (κ2) is 11.3. The highest BCUT2D eigenvalue weighted by Crippen LogP contribution is 2.68. The van der Waals surface area contributed by atoms with Gasteiger partial charge in [0.2, 0.25) is 11.8 Å². The molecule has 238 valence electrons. The van der Waals surface area contributed by atoms with Crippen LogP contribution in [0.3, 0.4) is 0 Å². The van der Waals surface area contributed by atoms with E-state index in [-0.39, 0.29) is 11.8 Å². The number of rotatable bonds is 5. The molecule has 6 heteroatoms. The molecule has 3 heterocycles. The van der Waals surface area contributed by atoms with Crippen LogP contribution in [0.15, 0.2) is 152 Å². The van der Waals surface area contributed by atoms with Crippen molar-refractivity contribution in [3.8, 4) is 43.4 Å². The lowest BCUT2D eigenvalue weighted by molar-refractivity contribution is -0.122. The minimum absolute atomic E-state index is 0.152. The summed E-state index contributed by atoms with van der Waals surface area (Å²) in [6.45, 7) is 0. The van der Waals surface area contributed by atoms with E-state index in [1.54, 1.807) is 11.3 Å². The normalized spacial score (nSPS) is 20.0. The quantitative estimate of drug-likeness (QED) is 0.172. The standard InChI is InChI=1S/C44H29N3O2S/c48-43-37-31-33-34(40(27-18-8-2-9-19-27)46-45-39(33)26-16-6-1-7-17-26)32(38(37)44(49)47(43)30-24-14-5-15-25-30)36-35(31)41(28-20-10-3-11-21-28)50-42(36)29-22-12-4-13-23-29/h1-25,31-32,37-38H. The molecule has 50 heavy (non-hydrogen) atoms. The number of carbonyl (C=O) groups excluding carboxylic acids is 2. The van der Waals surface area contributed by atoms with E-state index in [1.807, 2.05) is 78.9 Å². The van der Waals surface area contributed by atoms with Crippen molar-refractivity contribution in [2.45, 2.75) is 11.8 Å². The number of hydrogen-bond acceptors (Lipinski definition) is 5. The smallest absolute Gasteiger partial charge is 0.238 e. The minimum atomic E-state index is -0.594. The third kappa shape index (κ3) is 4.12. The van der Waals surface area contributed by atoms with Gasteiger partial charge in [-0.05, 0) is 45.5 Å². The molecule has 5 aromatic carbocycles. The van der Waals surface area contributed by atoms with Gasteiger partial charge in [-0.25, -0.2) is 4.90 Å². The highest BCUT2D eigenvalue weighted by Gasteiger charge is 2.64. The molecule has 1 fully saturated rings. The van der Waals surface area contributed by atoms with Gasteiger partial charge in [0, 0.05) is 32.7 Å². The van der Waals surface area contributed by atoms with Gasteiger partial charge >= 0.3 is 0 Å². The SMILES string of the molecule is O=C1C2C3c4c(-c5ccccc5)nnc(-c5ccccc5)c4C(c4c(-c5ccccc5)sc(-c5ccccc5)c43)C2C(=O)N1c1ccccc1. The van der Waals surface area contributed by atoms with Crippen LogP contribution in [-0.2, 0) is 9.59 Å². The Labute approximate surface area is 293 Å². The molecule has 11 rings (SSSR count). The molecule has 2 bridgehead atoms. The average Bonchev–Trinajstić information content (AvgIpc) is 3.72. The van der Waals surface area contributed by atoms with E-state index in [4.69, 9.17) is 10.2 Å². The number of benzene rings is 5. The van der Waals surface area contributed by atoms with Crippen molar-refractivity contribution in [2.24, 2.45) is 11.8 Å². The topological polar surface area (TPSA) is 63.2 Å². The van der Waals surface area contributed by atoms with E-state index < -0.39 is 23.7 Å². The van der Waals surface area contributed by atoms with Crippen LogP contribution in [0, 0.1) is 11.8 Å². The van der Waals surface area contributed by atoms with Crippen molar-refractivity contribution in [3.63, 3.8) is 0 Å². The van der Waals surface area contributed by atoms with Crippen molar-refractivity contribution < 1.29 is 9.59 Å². The van der Waals surface area contributed by atoms with Gasteiger partial charge in [0.15, 0.2) is 0 Å². The lowest BCUT2D eigenvalue weighted by atomic mass is 9.53. The fourth-order valence-electron chi connectivity index (χ4n) is 8.65. The van der Waals surface area contributed by atoms with Crippen molar-refractivity contribution in [1.29, 1.82) is 0 Å². The number of nitrogens with zero attached hydrogens (tertiary/aromatic N) is 3. The van der Waals surface area contributed by atoms with Crippen molar-refractivity contribution in [2.75, 3.05) is 4.90 Å². The second-order valence-electron chi connectivity index (χ2n) is 13.1. The number of aromatic nitrogens is 2. The Morgan fingerprint density at radius 1 is 0.420 bits per heavy atom. The third-order valence-electron chi connectivity index (χ3n) is 10.6. The fourth-order valence-corrected chi connectivity index (χ4v) is 10.1. The molecular formula is C44H29N3O2S. The first-order valence-corrected chi connectivity index (χ1v) is 17.7. The van der Waals surface area contributed by atoms with Crippen molar-refractivity contribution in [1.82, 2.24) is 10.2 Å². The van der Waals surface area contributed by atoms with Crippen LogP contribution < -0.4 is 4.90 Å². The van der Waals surface area contributed by atoms with E-state index in [9.17, 15) is 9.59 Å². The molecule has 0 radical (unpaired) electrons. The molecule has 4 aliphatic rings. The van der Waals surface area contributed by atoms with E-state index >= 15 is 0 Å². The molecule has 0 saturated carbocycles. The van der Waals surface area contributed by atoms with Crippen LogP contribution in [0.1, 0.15) is 34.1 Å². The Hall–Kier alpha value is -5.98. The van der Waals surface area contributed by atoms with Gasteiger partial charge in [0.25, 0.3) is 0 Å². The molecule has 2 amide bonds. The Morgan fingerprint density at radius 3 is 1.14 bits per heavy atom. The summed E-state index contributed by atoms with van der Waals surface area (Å²) < 4.78 is 0. The van der Waals surface area contributed by atoms with E-state index in [1.165, 1.54) is 4.90 Å². The number of carbonyl (C=O) groups is 2. The van der Waals surface area contributed by atoms with Crippen molar-refractivity contribution >= 4 is 28.8 Å². The molecule has 4 atom stereocenters. The summed E-state index contributed by atoms with van der Waals surface area (Å²) in [5, 5.41) is 9.95. The Kier molecular flexibility index (Phi) is 6.54. The lowest BCUT2D eigenvalue weighted by Gasteiger charge is -2.46. The maximum Gasteiger partial charge on any atom is 0.238 e. The number of imide groups is 1. The average molecular weight is 664 g/mol. The fraction of sp³-hybridized carbons (Fsp3) is 0.0909. The Morgan fingerprint density at radius 2 is 0.760 bits per heavy atom. The Balaban J connectivity index is 1.35. The largest absolute Gasteiger partial charge is 0.274 e. The van der Waals surface area contributed by atoms with Gasteiger partial charge in [-0.3, -0.25) is 9.59 Å². The van der Waals surface area contributed by atoms with Gasteiger partial charge in [0.1, 0.15) is 0 Å². The first-order valence-electron chi connectivity index (χ1n) is 16.9. The number of hydrogen-bond donors (Lipinski definition) is 0. The van der Waals surface area contributed by atoms with Gasteiger partial charge in [-0.15, -0.1) is 21.5 Å². The predicted octanol–water partition coefficient (Wildman–Crippen LogP) is 9.60. The maximum absolute atomic E-state index is 15.0. The first-order chi connectivity index (χ1) is 24.7. The van der Waals surface area contributed by atoms with Crippen LogP contribution in [0.2, 0.25) is 0 Å². The summed E-state index contributed by atoms with van der Waals surface area (Å²) in [4.78, 5) is 33.6. The zero-order valence-electron chi connectivity index (χ0n) is 26.8. The summed E-state index contributed by atoms with van der Waals surface area (Å²) in [5.74, 6) is -2.33. The highest BCUT2D eigenvalue weighted by atomic mass is 32.1. The number of anilines is 1. The van der Waals surface area contributed by atoms with Crippen LogP contribution in [-0.4, -0.2) is 22.0 Å². The highest BCUT2D eigenvalue weighted by molar-refractivity contribution is 7.19. The molecule has 7 aromatic rings. The van der Waals surface area contributed by atoms with Crippen LogP contribution >= 0.6 is 11.3 Å². The molecule has 0 spiro atoms. The summed E-state index contributed by atoms with van der Waals surface area (Å²) in [5.41, 5.74) is 10.5. The Bertz CT molecular complexity index is 2280. The molecule has 4 unspecified atom stereocenters. The van der Waals surface area contributed by atoms with Crippen LogP contribution in [0.4, 0.5) is 5.69 Å². The van der Waals surface area contributed by atoms with Gasteiger partial charge in [-0.2, -0.15) is 0 Å². The summed E-state index contributed by atoms with van der Waals surface area (Å²) >= 11 is 1.76. The molecular weight excluding hydrogens is 635 g/mol. The van der Waals surface area contributed by atoms with Crippen molar-refractivity contribution in [3.05, 3.63) is 174 Å². The van der Waals surface area contributed by atoms with Gasteiger partial charge in [0.05, 0.1) is 28.9 Å². The molecule has 1 aliphatic heterocycles. The third-order valence-corrected chi connectivity index (χ3v) is 11.9. The molecule has 1 saturated heterocycles. The van der Waals surface area contributed by atoms with Crippen LogP contribution in [0.25, 0.3) is 43.4 Å². The number of amides is 2. The molecule has 0 N–H and O–H groups in total. The summed E-state index contributed by atoms with van der Waals surface area (Å²) in [7, 11) is 0. The predicted molar refractivity (Wildman–Crippen MR) is 198 cm³/mol. The first kappa shape index (κ1) is 29.0. The van der Waals surface area contributed by atoms with Gasteiger partial charge < -0.3 is 0 Å². The van der Waals surface area contributed by atoms with Gasteiger partial charge in [-0.1, -0.05) is 140 Å². The zero-order chi connectivity index (χ0) is 33.3. The second-order valence-corrected chi connectivity index (χ2v) is 14.2. The van der Waals surface area contributed by atoms with E-state index in [2.05, 4.69) is 72.8 Å². The monoisotopic (exact) mass is 663 g/mol. The van der Waals surface area contributed by atoms with Crippen LogP contribution in [0.5, 0.6) is 0 Å². The molecule has 5 nitrogen and oxygen atoms in total. The minimum Gasteiger partial charge on any atom is -0.274 e. The summed E-state index contributed by atoms with van der Waals surface area (Å²) in [6.07, 6.45) is 0. The lowest BCUT2D eigenvalue weighted by Crippen LogP contribution is -2.42. The van der Waals surface area contributed by atoms with E-state index in [0.29, 0.717) is 5.69 Å². The zero-order valence-corrected chi connectivity index (χ0v) is 27.6. The maximum atomic E-state index is 15.0. The summed E-state index contributed by atoms with van der Waals surface area (Å²) in [6, 6.07) is 50.6.